The van der Waals surface area contributed by atoms with Crippen LogP contribution in [-0.2, 0) is 6.18 Å². The van der Waals surface area contributed by atoms with Crippen LogP contribution in [0.15, 0.2) is 42.5 Å². The Bertz CT molecular complexity index is 651. The van der Waals surface area contributed by atoms with E-state index in [1.807, 2.05) is 0 Å². The first-order valence-corrected chi connectivity index (χ1v) is 5.73. The lowest BCUT2D eigenvalue weighted by molar-refractivity contribution is -0.384. The van der Waals surface area contributed by atoms with Crippen molar-refractivity contribution in [3.05, 3.63) is 63.7 Å². The highest BCUT2D eigenvalue weighted by atomic mass is 19.4. The predicted octanol–water partition coefficient (Wildman–Crippen LogP) is 4.59. The van der Waals surface area contributed by atoms with Crippen LogP contribution in [0.5, 0.6) is 0 Å². The number of nitro benzene ring substituents is 1. The van der Waals surface area contributed by atoms with E-state index in [-0.39, 0.29) is 11.1 Å². The highest BCUT2D eigenvalue weighted by molar-refractivity contribution is 5.76. The second kappa shape index (κ2) is 4.96. The molecule has 20 heavy (non-hydrogen) atoms. The highest BCUT2D eigenvalue weighted by Crippen LogP contribution is 2.40. The normalized spacial score (nSPS) is 11.4. The fraction of sp³-hybridized carbons (Fsp3) is 0.143. The molecule has 104 valence electrons. The summed E-state index contributed by atoms with van der Waals surface area (Å²) in [4.78, 5) is 10.4. The molecule has 2 aromatic rings. The molecule has 0 saturated carbocycles. The molecule has 2 rings (SSSR count). The molecule has 0 heterocycles. The predicted molar refractivity (Wildman–Crippen MR) is 68.3 cm³/mol. The molecule has 0 aliphatic heterocycles. The van der Waals surface area contributed by atoms with E-state index in [0.717, 1.165) is 19.1 Å². The monoisotopic (exact) mass is 281 g/mol. The topological polar surface area (TPSA) is 43.1 Å². The molecule has 0 unspecified atom stereocenters. The summed E-state index contributed by atoms with van der Waals surface area (Å²) < 4.78 is 38.4. The van der Waals surface area contributed by atoms with Crippen molar-refractivity contribution in [1.82, 2.24) is 0 Å². The van der Waals surface area contributed by atoms with E-state index >= 15 is 0 Å². The quantitative estimate of drug-likeness (QED) is 0.597. The van der Waals surface area contributed by atoms with Gasteiger partial charge in [0.2, 0.25) is 0 Å². The van der Waals surface area contributed by atoms with Crippen molar-refractivity contribution in [2.75, 3.05) is 0 Å². The second-order valence-electron chi connectivity index (χ2n) is 4.26. The number of benzene rings is 2. The van der Waals surface area contributed by atoms with Gasteiger partial charge in [-0.25, -0.2) is 0 Å². The van der Waals surface area contributed by atoms with E-state index in [4.69, 9.17) is 0 Å². The van der Waals surface area contributed by atoms with Gasteiger partial charge >= 0.3 is 6.18 Å². The highest BCUT2D eigenvalue weighted by Gasteiger charge is 2.36. The molecule has 0 bridgehead atoms. The minimum atomic E-state index is -4.61. The SMILES string of the molecule is Cc1c(C(F)(F)F)ccc(-c2ccccc2)c1[N+](=O)[O-]. The van der Waals surface area contributed by atoms with Crippen LogP contribution >= 0.6 is 0 Å². The molecule has 0 N–H and O–H groups in total. The lowest BCUT2D eigenvalue weighted by Crippen LogP contribution is -2.09. The van der Waals surface area contributed by atoms with Gasteiger partial charge in [0, 0.05) is 5.56 Å². The van der Waals surface area contributed by atoms with Gasteiger partial charge in [0.1, 0.15) is 0 Å². The lowest BCUT2D eigenvalue weighted by Gasteiger charge is -2.13. The van der Waals surface area contributed by atoms with E-state index in [9.17, 15) is 23.3 Å². The number of hydrogen-bond acceptors (Lipinski definition) is 2. The summed E-state index contributed by atoms with van der Waals surface area (Å²) in [6.07, 6.45) is -4.61. The molecule has 6 heteroatoms. The Labute approximate surface area is 112 Å². The first kappa shape index (κ1) is 14.0. The van der Waals surface area contributed by atoms with Gasteiger partial charge in [-0.2, -0.15) is 13.2 Å². The van der Waals surface area contributed by atoms with Crippen molar-refractivity contribution in [3.8, 4) is 11.1 Å². The minimum Gasteiger partial charge on any atom is -0.258 e. The van der Waals surface area contributed by atoms with E-state index in [1.165, 1.54) is 0 Å². The number of rotatable bonds is 2. The van der Waals surface area contributed by atoms with Crippen LogP contribution in [0.3, 0.4) is 0 Å². The molecule has 0 fully saturated rings. The summed E-state index contributed by atoms with van der Waals surface area (Å²) in [5, 5.41) is 11.1. The van der Waals surface area contributed by atoms with Crippen LogP contribution in [-0.4, -0.2) is 4.92 Å². The molecule has 0 atom stereocenters. The van der Waals surface area contributed by atoms with Gasteiger partial charge in [-0.1, -0.05) is 30.3 Å². The molecule has 3 nitrogen and oxygen atoms in total. The van der Waals surface area contributed by atoms with Gasteiger partial charge < -0.3 is 0 Å². The Kier molecular flexibility index (Phi) is 3.48. The Morgan fingerprint density at radius 3 is 2.15 bits per heavy atom. The second-order valence-corrected chi connectivity index (χ2v) is 4.26. The summed E-state index contributed by atoms with van der Waals surface area (Å²) >= 11 is 0. The number of halogens is 3. The maximum absolute atomic E-state index is 12.8. The average Bonchev–Trinajstić information content (AvgIpc) is 2.37. The Morgan fingerprint density at radius 2 is 1.65 bits per heavy atom. The Balaban J connectivity index is 2.73. The summed E-state index contributed by atoms with van der Waals surface area (Å²) in [5.41, 5.74) is -1.17. The summed E-state index contributed by atoms with van der Waals surface area (Å²) in [6, 6.07) is 10.3. The maximum Gasteiger partial charge on any atom is 0.416 e. The zero-order chi connectivity index (χ0) is 14.9. The van der Waals surface area contributed by atoms with Gasteiger partial charge in [0.15, 0.2) is 0 Å². The number of hydrogen-bond donors (Lipinski definition) is 0. The van der Waals surface area contributed by atoms with E-state index in [2.05, 4.69) is 0 Å². The minimum absolute atomic E-state index is 0.182. The van der Waals surface area contributed by atoms with Gasteiger partial charge in [0.05, 0.1) is 16.1 Å². The molecule has 0 amide bonds. The van der Waals surface area contributed by atoms with Crippen molar-refractivity contribution in [2.45, 2.75) is 13.1 Å². The average molecular weight is 281 g/mol. The Morgan fingerprint density at radius 1 is 1.05 bits per heavy atom. The van der Waals surface area contributed by atoms with Crippen LogP contribution in [0.25, 0.3) is 11.1 Å². The third-order valence-electron chi connectivity index (χ3n) is 3.00. The van der Waals surface area contributed by atoms with Crippen LogP contribution in [0.2, 0.25) is 0 Å². The molecule has 0 radical (unpaired) electrons. The van der Waals surface area contributed by atoms with Crippen molar-refractivity contribution in [3.63, 3.8) is 0 Å². The van der Waals surface area contributed by atoms with Gasteiger partial charge in [0.25, 0.3) is 5.69 Å². The van der Waals surface area contributed by atoms with Gasteiger partial charge in [-0.05, 0) is 24.6 Å². The molecule has 0 aromatic heterocycles. The summed E-state index contributed by atoms with van der Waals surface area (Å²) in [5.74, 6) is 0. The fourth-order valence-electron chi connectivity index (χ4n) is 2.09. The Hall–Kier alpha value is -2.37. The van der Waals surface area contributed by atoms with Crippen molar-refractivity contribution >= 4 is 5.69 Å². The third-order valence-corrected chi connectivity index (χ3v) is 3.00. The summed E-state index contributed by atoms with van der Waals surface area (Å²) in [7, 11) is 0. The van der Waals surface area contributed by atoms with Gasteiger partial charge in [-0.3, -0.25) is 10.1 Å². The van der Waals surface area contributed by atoms with Crippen LogP contribution in [0.4, 0.5) is 18.9 Å². The third kappa shape index (κ3) is 2.49. The molecule has 2 aromatic carbocycles. The molecule has 0 aliphatic carbocycles. The zero-order valence-corrected chi connectivity index (χ0v) is 10.4. The first-order valence-electron chi connectivity index (χ1n) is 5.73. The standard InChI is InChI=1S/C14H10F3NO2/c1-9-12(14(15,16)17)8-7-11(13(9)18(19)20)10-5-3-2-4-6-10/h2-8H,1H3. The first-order chi connectivity index (χ1) is 9.32. The van der Waals surface area contributed by atoms with Crippen LogP contribution in [0.1, 0.15) is 11.1 Å². The van der Waals surface area contributed by atoms with E-state index < -0.39 is 22.4 Å². The van der Waals surface area contributed by atoms with Crippen LogP contribution < -0.4 is 0 Å². The van der Waals surface area contributed by atoms with Crippen molar-refractivity contribution in [2.24, 2.45) is 0 Å². The van der Waals surface area contributed by atoms with Crippen molar-refractivity contribution < 1.29 is 18.1 Å². The summed E-state index contributed by atoms with van der Waals surface area (Å²) in [6.45, 7) is 1.12. The largest absolute Gasteiger partial charge is 0.416 e. The van der Waals surface area contributed by atoms with Gasteiger partial charge in [-0.15, -0.1) is 0 Å². The van der Waals surface area contributed by atoms with E-state index in [0.29, 0.717) is 5.56 Å². The molecule has 0 saturated heterocycles. The number of nitrogens with zero attached hydrogens (tertiary/aromatic N) is 1. The van der Waals surface area contributed by atoms with Crippen molar-refractivity contribution in [1.29, 1.82) is 0 Å². The lowest BCUT2D eigenvalue weighted by atomic mass is 9.97. The molecule has 0 aliphatic rings. The number of nitro groups is 1. The fourth-order valence-corrected chi connectivity index (χ4v) is 2.09. The maximum atomic E-state index is 12.8. The van der Waals surface area contributed by atoms with E-state index in [1.54, 1.807) is 30.3 Å². The molecular weight excluding hydrogens is 271 g/mol. The number of alkyl halides is 3. The molecule has 0 spiro atoms. The molecular formula is C14H10F3NO2. The zero-order valence-electron chi connectivity index (χ0n) is 10.4. The smallest absolute Gasteiger partial charge is 0.258 e. The van der Waals surface area contributed by atoms with Crippen LogP contribution in [0, 0.1) is 17.0 Å².